The Morgan fingerprint density at radius 2 is 2.00 bits per heavy atom. The number of rotatable bonds is 5. The maximum Gasteiger partial charge on any atom is 0.337 e. The van der Waals surface area contributed by atoms with Crippen LogP contribution in [-0.4, -0.2) is 30.7 Å². The van der Waals surface area contributed by atoms with Crippen LogP contribution in [-0.2, 0) is 0 Å². The lowest BCUT2D eigenvalue weighted by atomic mass is 10.0. The summed E-state index contributed by atoms with van der Waals surface area (Å²) in [6.07, 6.45) is 3.36. The third-order valence-electron chi connectivity index (χ3n) is 4.12. The highest BCUT2D eigenvalue weighted by atomic mass is 16.4. The van der Waals surface area contributed by atoms with Gasteiger partial charge in [-0.2, -0.15) is 0 Å². The van der Waals surface area contributed by atoms with Crippen molar-refractivity contribution in [2.75, 3.05) is 18.5 Å². The first-order chi connectivity index (χ1) is 9.49. The van der Waals surface area contributed by atoms with E-state index >= 15 is 0 Å². The van der Waals surface area contributed by atoms with Crippen LogP contribution in [0.3, 0.4) is 0 Å². The second-order valence-electron chi connectivity index (χ2n) is 5.39. The van der Waals surface area contributed by atoms with E-state index in [-0.39, 0.29) is 17.0 Å². The Kier molecular flexibility index (Phi) is 3.97. The number of carboxylic acids is 1. The van der Waals surface area contributed by atoms with Gasteiger partial charge < -0.3 is 10.4 Å². The van der Waals surface area contributed by atoms with Crippen LogP contribution < -0.4 is 10.2 Å². The first kappa shape index (κ1) is 14.4. The van der Waals surface area contributed by atoms with E-state index in [9.17, 15) is 9.59 Å². The van der Waals surface area contributed by atoms with Gasteiger partial charge in [-0.05, 0) is 36.8 Å². The fraction of sp³-hybridized carbons (Fsp3) is 0.467. The Hall–Kier alpha value is -2.04. The number of aromatic carboxylic acids is 1. The fourth-order valence-corrected chi connectivity index (χ4v) is 2.27. The van der Waals surface area contributed by atoms with Gasteiger partial charge in [-0.3, -0.25) is 4.90 Å². The van der Waals surface area contributed by atoms with Gasteiger partial charge in [-0.1, -0.05) is 19.1 Å². The van der Waals surface area contributed by atoms with Crippen molar-refractivity contribution in [2.24, 2.45) is 5.41 Å². The van der Waals surface area contributed by atoms with Crippen LogP contribution >= 0.6 is 0 Å². The number of benzene rings is 1. The molecule has 0 saturated heterocycles. The minimum absolute atomic E-state index is 0.127. The van der Waals surface area contributed by atoms with Crippen LogP contribution in [0.5, 0.6) is 0 Å². The minimum Gasteiger partial charge on any atom is -0.478 e. The molecule has 5 heteroatoms. The van der Waals surface area contributed by atoms with Gasteiger partial charge in [0.2, 0.25) is 0 Å². The molecule has 2 amide bonds. The first-order valence-electron chi connectivity index (χ1n) is 6.83. The maximum absolute atomic E-state index is 12.1. The van der Waals surface area contributed by atoms with Gasteiger partial charge >= 0.3 is 12.0 Å². The van der Waals surface area contributed by atoms with Crippen molar-refractivity contribution in [3.05, 3.63) is 29.8 Å². The summed E-state index contributed by atoms with van der Waals surface area (Å²) in [6.45, 7) is 2.78. The zero-order chi connectivity index (χ0) is 14.8. The van der Waals surface area contributed by atoms with E-state index in [0.717, 1.165) is 19.3 Å². The van der Waals surface area contributed by atoms with E-state index in [1.54, 1.807) is 25.2 Å². The maximum atomic E-state index is 12.1. The van der Waals surface area contributed by atoms with Crippen LogP contribution in [0.1, 0.15) is 36.5 Å². The van der Waals surface area contributed by atoms with Crippen molar-refractivity contribution in [1.29, 1.82) is 0 Å². The largest absolute Gasteiger partial charge is 0.478 e. The molecule has 20 heavy (non-hydrogen) atoms. The van der Waals surface area contributed by atoms with E-state index in [0.29, 0.717) is 12.2 Å². The molecule has 0 bridgehead atoms. The highest BCUT2D eigenvalue weighted by Gasteiger charge is 2.40. The van der Waals surface area contributed by atoms with Gasteiger partial charge in [0.25, 0.3) is 0 Å². The van der Waals surface area contributed by atoms with Gasteiger partial charge in [-0.25, -0.2) is 9.59 Å². The molecule has 0 atom stereocenters. The second kappa shape index (κ2) is 5.53. The molecule has 0 radical (unpaired) electrons. The van der Waals surface area contributed by atoms with E-state index < -0.39 is 5.97 Å². The SMILES string of the molecule is CCC1(CNC(=O)N(C)c2ccccc2C(=O)O)CC1. The normalized spacial score (nSPS) is 15.5. The van der Waals surface area contributed by atoms with Crippen molar-refractivity contribution < 1.29 is 14.7 Å². The number of nitrogens with zero attached hydrogens (tertiary/aromatic N) is 1. The Morgan fingerprint density at radius 1 is 1.35 bits per heavy atom. The number of hydrogen-bond acceptors (Lipinski definition) is 2. The lowest BCUT2D eigenvalue weighted by Gasteiger charge is -2.21. The molecule has 0 unspecified atom stereocenters. The molecule has 1 aromatic carbocycles. The monoisotopic (exact) mass is 276 g/mol. The second-order valence-corrected chi connectivity index (χ2v) is 5.39. The molecular weight excluding hydrogens is 256 g/mol. The van der Waals surface area contributed by atoms with E-state index in [1.165, 1.54) is 11.0 Å². The highest BCUT2D eigenvalue weighted by molar-refractivity contribution is 6.01. The molecule has 1 fully saturated rings. The number of anilines is 1. The minimum atomic E-state index is -1.03. The summed E-state index contributed by atoms with van der Waals surface area (Å²) in [5, 5.41) is 12.0. The standard InChI is InChI=1S/C15H20N2O3/c1-3-15(8-9-15)10-16-14(20)17(2)12-7-5-4-6-11(12)13(18)19/h4-7H,3,8-10H2,1-2H3,(H,16,20)(H,18,19). The zero-order valence-corrected chi connectivity index (χ0v) is 11.8. The fourth-order valence-electron chi connectivity index (χ4n) is 2.27. The summed E-state index contributed by atoms with van der Waals surface area (Å²) in [5.41, 5.74) is 0.795. The number of urea groups is 1. The zero-order valence-electron chi connectivity index (χ0n) is 11.8. The molecule has 108 valence electrons. The van der Waals surface area contributed by atoms with E-state index in [4.69, 9.17) is 5.11 Å². The number of para-hydroxylation sites is 1. The van der Waals surface area contributed by atoms with Gasteiger partial charge in [0, 0.05) is 13.6 Å². The molecule has 0 spiro atoms. The van der Waals surface area contributed by atoms with Gasteiger partial charge in [-0.15, -0.1) is 0 Å². The quantitative estimate of drug-likeness (QED) is 0.868. The summed E-state index contributed by atoms with van der Waals surface area (Å²) in [6, 6.07) is 6.24. The van der Waals surface area contributed by atoms with Crippen LogP contribution in [0.15, 0.2) is 24.3 Å². The number of nitrogens with one attached hydrogen (secondary N) is 1. The van der Waals surface area contributed by atoms with Crippen LogP contribution in [0.4, 0.5) is 10.5 Å². The first-order valence-corrected chi connectivity index (χ1v) is 6.83. The van der Waals surface area contributed by atoms with Gasteiger partial charge in [0.15, 0.2) is 0 Å². The van der Waals surface area contributed by atoms with Crippen LogP contribution in [0.25, 0.3) is 0 Å². The summed E-state index contributed by atoms with van der Waals surface area (Å²) >= 11 is 0. The van der Waals surface area contributed by atoms with Gasteiger partial charge in [0.05, 0.1) is 11.3 Å². The lowest BCUT2D eigenvalue weighted by molar-refractivity contribution is 0.0697. The van der Waals surface area contributed by atoms with Gasteiger partial charge in [0.1, 0.15) is 0 Å². The van der Waals surface area contributed by atoms with Crippen molar-refractivity contribution in [2.45, 2.75) is 26.2 Å². The van der Waals surface area contributed by atoms with Crippen molar-refractivity contribution in [3.63, 3.8) is 0 Å². The third kappa shape index (κ3) is 2.92. The average Bonchev–Trinajstić information content (AvgIpc) is 3.24. The number of hydrogen-bond donors (Lipinski definition) is 2. The Balaban J connectivity index is 2.05. The summed E-state index contributed by atoms with van der Waals surface area (Å²) in [7, 11) is 1.59. The summed E-state index contributed by atoms with van der Waals surface area (Å²) < 4.78 is 0. The molecular formula is C15H20N2O3. The lowest BCUT2D eigenvalue weighted by Crippen LogP contribution is -2.40. The third-order valence-corrected chi connectivity index (χ3v) is 4.12. The Bertz CT molecular complexity index is 524. The Morgan fingerprint density at radius 3 is 2.55 bits per heavy atom. The smallest absolute Gasteiger partial charge is 0.337 e. The number of amides is 2. The van der Waals surface area contributed by atoms with Crippen molar-refractivity contribution in [3.8, 4) is 0 Å². The number of carbonyl (C=O) groups excluding carboxylic acids is 1. The molecule has 2 N–H and O–H groups in total. The van der Waals surface area contributed by atoms with E-state index in [2.05, 4.69) is 12.2 Å². The molecule has 0 aliphatic heterocycles. The molecule has 1 aromatic rings. The molecule has 1 saturated carbocycles. The van der Waals surface area contributed by atoms with Crippen molar-refractivity contribution in [1.82, 2.24) is 5.32 Å². The molecule has 0 aromatic heterocycles. The Labute approximate surface area is 118 Å². The topological polar surface area (TPSA) is 69.6 Å². The number of carbonyl (C=O) groups is 2. The number of carboxylic acid groups (broad SMARTS) is 1. The molecule has 1 aliphatic carbocycles. The summed E-state index contributed by atoms with van der Waals surface area (Å²) in [5.74, 6) is -1.03. The highest BCUT2D eigenvalue weighted by Crippen LogP contribution is 2.47. The molecule has 0 heterocycles. The predicted octanol–water partition coefficient (Wildman–Crippen LogP) is 2.72. The van der Waals surface area contributed by atoms with Crippen molar-refractivity contribution >= 4 is 17.7 Å². The van der Waals surface area contributed by atoms with E-state index in [1.807, 2.05) is 0 Å². The molecule has 2 rings (SSSR count). The predicted molar refractivity (Wildman–Crippen MR) is 77.2 cm³/mol. The average molecular weight is 276 g/mol. The molecule has 5 nitrogen and oxygen atoms in total. The van der Waals surface area contributed by atoms with Crippen LogP contribution in [0.2, 0.25) is 0 Å². The van der Waals surface area contributed by atoms with Crippen LogP contribution in [0, 0.1) is 5.41 Å². The molecule has 1 aliphatic rings. The summed E-state index contributed by atoms with van der Waals surface area (Å²) in [4.78, 5) is 24.7.